The summed E-state index contributed by atoms with van der Waals surface area (Å²) in [6.07, 6.45) is 5.45. The van der Waals surface area contributed by atoms with E-state index in [2.05, 4.69) is 18.7 Å². The standard InChI is InChI=1S/C14H25NO2/c1-10-8-15(9-11(10)2)13-7-5-3-4-6-12(13)14(16)17/h10-13H,3-9H2,1-2H3,(H,16,17). The maximum Gasteiger partial charge on any atom is 0.308 e. The predicted molar refractivity (Wildman–Crippen MR) is 67.9 cm³/mol. The summed E-state index contributed by atoms with van der Waals surface area (Å²) in [7, 11) is 0. The van der Waals surface area contributed by atoms with Crippen molar-refractivity contribution < 1.29 is 9.90 Å². The molecule has 2 fully saturated rings. The molecule has 1 saturated heterocycles. The topological polar surface area (TPSA) is 40.5 Å². The minimum absolute atomic E-state index is 0.130. The molecule has 0 aromatic carbocycles. The second kappa shape index (κ2) is 5.38. The van der Waals surface area contributed by atoms with Crippen molar-refractivity contribution in [3.05, 3.63) is 0 Å². The lowest BCUT2D eigenvalue weighted by Crippen LogP contribution is -2.42. The Labute approximate surface area is 104 Å². The monoisotopic (exact) mass is 239 g/mol. The number of likely N-dealkylation sites (tertiary alicyclic amines) is 1. The highest BCUT2D eigenvalue weighted by molar-refractivity contribution is 5.71. The Kier molecular flexibility index (Phi) is 4.08. The highest BCUT2D eigenvalue weighted by atomic mass is 16.4. The maximum atomic E-state index is 11.4. The van der Waals surface area contributed by atoms with Crippen LogP contribution in [-0.4, -0.2) is 35.1 Å². The van der Waals surface area contributed by atoms with Crippen molar-refractivity contribution in [3.63, 3.8) is 0 Å². The molecule has 0 aromatic heterocycles. The molecule has 17 heavy (non-hydrogen) atoms. The fourth-order valence-corrected chi connectivity index (χ4v) is 3.46. The third-order valence-electron chi connectivity index (χ3n) is 4.78. The van der Waals surface area contributed by atoms with Crippen molar-refractivity contribution in [2.24, 2.45) is 17.8 Å². The van der Waals surface area contributed by atoms with Gasteiger partial charge in [0.05, 0.1) is 5.92 Å². The van der Waals surface area contributed by atoms with Crippen LogP contribution in [0, 0.1) is 17.8 Å². The Balaban J connectivity index is 2.07. The number of carboxylic acid groups (broad SMARTS) is 1. The van der Waals surface area contributed by atoms with Gasteiger partial charge in [-0.3, -0.25) is 9.69 Å². The van der Waals surface area contributed by atoms with Crippen LogP contribution in [-0.2, 0) is 4.79 Å². The molecule has 1 aliphatic heterocycles. The van der Waals surface area contributed by atoms with Gasteiger partial charge in [0.15, 0.2) is 0 Å². The fraction of sp³-hybridized carbons (Fsp3) is 0.929. The Morgan fingerprint density at radius 1 is 1.06 bits per heavy atom. The molecule has 4 atom stereocenters. The van der Waals surface area contributed by atoms with Crippen LogP contribution in [0.1, 0.15) is 46.0 Å². The van der Waals surface area contributed by atoms with Gasteiger partial charge in [-0.1, -0.05) is 33.1 Å². The van der Waals surface area contributed by atoms with Gasteiger partial charge in [-0.15, -0.1) is 0 Å². The molecular formula is C14H25NO2. The molecule has 1 saturated carbocycles. The van der Waals surface area contributed by atoms with Crippen molar-refractivity contribution >= 4 is 5.97 Å². The molecule has 0 bridgehead atoms. The summed E-state index contributed by atoms with van der Waals surface area (Å²) in [5, 5.41) is 9.40. The van der Waals surface area contributed by atoms with E-state index in [1.807, 2.05) is 0 Å². The summed E-state index contributed by atoms with van der Waals surface area (Å²) in [5.41, 5.74) is 0. The number of hydrogen-bond donors (Lipinski definition) is 1. The van der Waals surface area contributed by atoms with Crippen LogP contribution in [0.5, 0.6) is 0 Å². The summed E-state index contributed by atoms with van der Waals surface area (Å²) >= 11 is 0. The molecule has 1 N–H and O–H groups in total. The van der Waals surface area contributed by atoms with E-state index >= 15 is 0 Å². The average molecular weight is 239 g/mol. The predicted octanol–water partition coefficient (Wildman–Crippen LogP) is 2.61. The molecule has 98 valence electrons. The van der Waals surface area contributed by atoms with E-state index in [-0.39, 0.29) is 5.92 Å². The number of hydrogen-bond acceptors (Lipinski definition) is 2. The van der Waals surface area contributed by atoms with Crippen molar-refractivity contribution in [2.75, 3.05) is 13.1 Å². The summed E-state index contributed by atoms with van der Waals surface area (Å²) in [6.45, 7) is 6.76. The Hall–Kier alpha value is -0.570. The van der Waals surface area contributed by atoms with Crippen molar-refractivity contribution in [2.45, 2.75) is 52.0 Å². The third-order valence-corrected chi connectivity index (χ3v) is 4.78. The van der Waals surface area contributed by atoms with Gasteiger partial charge in [-0.05, 0) is 24.7 Å². The Bertz CT molecular complexity index is 269. The van der Waals surface area contributed by atoms with Crippen LogP contribution in [0.4, 0.5) is 0 Å². The van der Waals surface area contributed by atoms with Crippen LogP contribution in [0.3, 0.4) is 0 Å². The first-order valence-electron chi connectivity index (χ1n) is 7.06. The number of rotatable bonds is 2. The Morgan fingerprint density at radius 2 is 1.65 bits per heavy atom. The highest BCUT2D eigenvalue weighted by Crippen LogP contribution is 2.33. The van der Waals surface area contributed by atoms with E-state index in [1.54, 1.807) is 0 Å². The molecule has 0 spiro atoms. The average Bonchev–Trinajstić information content (AvgIpc) is 2.53. The lowest BCUT2D eigenvalue weighted by atomic mass is 9.93. The number of carboxylic acids is 1. The van der Waals surface area contributed by atoms with Gasteiger partial charge in [0, 0.05) is 19.1 Å². The number of aliphatic carboxylic acids is 1. The zero-order valence-electron chi connectivity index (χ0n) is 11.1. The van der Waals surface area contributed by atoms with E-state index in [4.69, 9.17) is 0 Å². The molecule has 2 rings (SSSR count). The zero-order valence-corrected chi connectivity index (χ0v) is 11.1. The second-order valence-corrected chi connectivity index (χ2v) is 6.06. The molecule has 3 nitrogen and oxygen atoms in total. The zero-order chi connectivity index (χ0) is 12.4. The van der Waals surface area contributed by atoms with Gasteiger partial charge in [0.25, 0.3) is 0 Å². The number of carbonyl (C=O) groups is 1. The summed E-state index contributed by atoms with van der Waals surface area (Å²) in [4.78, 5) is 13.9. The number of nitrogens with zero attached hydrogens (tertiary/aromatic N) is 1. The molecular weight excluding hydrogens is 214 g/mol. The van der Waals surface area contributed by atoms with Gasteiger partial charge in [-0.2, -0.15) is 0 Å². The maximum absolute atomic E-state index is 11.4. The van der Waals surface area contributed by atoms with E-state index in [1.165, 1.54) is 12.8 Å². The van der Waals surface area contributed by atoms with E-state index in [0.717, 1.165) is 32.4 Å². The quantitative estimate of drug-likeness (QED) is 0.753. The normalized spacial score (nSPS) is 40.1. The molecule has 2 aliphatic rings. The van der Waals surface area contributed by atoms with Crippen molar-refractivity contribution in [1.29, 1.82) is 0 Å². The van der Waals surface area contributed by atoms with Crippen molar-refractivity contribution in [1.82, 2.24) is 4.90 Å². The first-order chi connectivity index (χ1) is 8.09. The highest BCUT2D eigenvalue weighted by Gasteiger charge is 2.38. The van der Waals surface area contributed by atoms with E-state index in [9.17, 15) is 9.90 Å². The Morgan fingerprint density at radius 3 is 2.24 bits per heavy atom. The van der Waals surface area contributed by atoms with Gasteiger partial charge in [0.2, 0.25) is 0 Å². The molecule has 1 aliphatic carbocycles. The summed E-state index contributed by atoms with van der Waals surface area (Å²) < 4.78 is 0. The van der Waals surface area contributed by atoms with Gasteiger partial charge < -0.3 is 5.11 Å². The van der Waals surface area contributed by atoms with Crippen LogP contribution in [0.15, 0.2) is 0 Å². The molecule has 0 amide bonds. The van der Waals surface area contributed by atoms with Crippen LogP contribution in [0.2, 0.25) is 0 Å². The van der Waals surface area contributed by atoms with Crippen LogP contribution in [0.25, 0.3) is 0 Å². The lowest BCUT2D eigenvalue weighted by Gasteiger charge is -2.31. The van der Waals surface area contributed by atoms with E-state index < -0.39 is 5.97 Å². The van der Waals surface area contributed by atoms with Crippen molar-refractivity contribution in [3.8, 4) is 0 Å². The minimum atomic E-state index is -0.580. The van der Waals surface area contributed by atoms with Crippen LogP contribution < -0.4 is 0 Å². The minimum Gasteiger partial charge on any atom is -0.481 e. The fourth-order valence-electron chi connectivity index (χ4n) is 3.46. The van der Waals surface area contributed by atoms with Gasteiger partial charge >= 0.3 is 5.97 Å². The SMILES string of the molecule is CC1CN(C2CCCCCC2C(=O)O)CC1C. The lowest BCUT2D eigenvalue weighted by molar-refractivity contribution is -0.144. The van der Waals surface area contributed by atoms with Gasteiger partial charge in [-0.25, -0.2) is 0 Å². The van der Waals surface area contributed by atoms with E-state index in [0.29, 0.717) is 17.9 Å². The molecule has 3 heteroatoms. The summed E-state index contributed by atoms with van der Waals surface area (Å²) in [6, 6.07) is 0.294. The molecule has 0 radical (unpaired) electrons. The largest absolute Gasteiger partial charge is 0.481 e. The molecule has 4 unspecified atom stereocenters. The smallest absolute Gasteiger partial charge is 0.308 e. The van der Waals surface area contributed by atoms with Gasteiger partial charge in [0.1, 0.15) is 0 Å². The summed E-state index contributed by atoms with van der Waals surface area (Å²) in [5.74, 6) is 0.722. The van der Waals surface area contributed by atoms with Crippen LogP contribution >= 0.6 is 0 Å². The molecule has 1 heterocycles. The second-order valence-electron chi connectivity index (χ2n) is 6.06. The first-order valence-corrected chi connectivity index (χ1v) is 7.06. The first kappa shape index (κ1) is 12.9. The molecule has 0 aromatic rings. The third kappa shape index (κ3) is 2.82.